The minimum Gasteiger partial charge on any atom is -0.457 e. The third-order valence-corrected chi connectivity index (χ3v) is 4.14. The second-order valence-corrected chi connectivity index (χ2v) is 5.85. The monoisotopic (exact) mass is 360 g/mol. The van der Waals surface area contributed by atoms with Gasteiger partial charge in [0.1, 0.15) is 11.5 Å². The third-order valence-electron chi connectivity index (χ3n) is 4.14. The Kier molecular flexibility index (Phi) is 3.89. The molecule has 2 amide bonds. The highest BCUT2D eigenvalue weighted by atomic mass is 16.6. The van der Waals surface area contributed by atoms with Gasteiger partial charge in [-0.3, -0.25) is 19.7 Å². The number of amides is 2. The van der Waals surface area contributed by atoms with Crippen molar-refractivity contribution in [3.05, 3.63) is 94.0 Å². The molecule has 7 heteroatoms. The van der Waals surface area contributed by atoms with Crippen molar-refractivity contribution in [1.82, 2.24) is 0 Å². The van der Waals surface area contributed by atoms with Gasteiger partial charge >= 0.3 is 0 Å². The van der Waals surface area contributed by atoms with Crippen molar-refractivity contribution in [3.63, 3.8) is 0 Å². The summed E-state index contributed by atoms with van der Waals surface area (Å²) in [6, 6.07) is 19.3. The fourth-order valence-corrected chi connectivity index (χ4v) is 2.89. The van der Waals surface area contributed by atoms with Gasteiger partial charge in [0.05, 0.1) is 21.7 Å². The summed E-state index contributed by atoms with van der Waals surface area (Å²) >= 11 is 0. The Morgan fingerprint density at radius 2 is 1.48 bits per heavy atom. The standard InChI is InChI=1S/C20H12N2O5/c23-19-17-10-9-14(22(25)26)12-18(17)20(24)21(19)13-5-4-8-16(11-13)27-15-6-2-1-3-7-15/h1-12H. The van der Waals surface area contributed by atoms with Crippen molar-refractivity contribution in [2.45, 2.75) is 0 Å². The highest BCUT2D eigenvalue weighted by Crippen LogP contribution is 2.33. The number of nitro groups is 1. The summed E-state index contributed by atoms with van der Waals surface area (Å²) in [4.78, 5) is 36.7. The molecule has 7 nitrogen and oxygen atoms in total. The molecular formula is C20H12N2O5. The molecule has 0 saturated heterocycles. The van der Waals surface area contributed by atoms with E-state index >= 15 is 0 Å². The van der Waals surface area contributed by atoms with Crippen LogP contribution in [0, 0.1) is 10.1 Å². The predicted molar refractivity (Wildman–Crippen MR) is 97.2 cm³/mol. The first-order valence-corrected chi connectivity index (χ1v) is 8.05. The van der Waals surface area contributed by atoms with Crippen LogP contribution in [0.3, 0.4) is 0 Å². The number of benzene rings is 3. The molecule has 0 fully saturated rings. The molecule has 0 atom stereocenters. The molecule has 1 aliphatic heterocycles. The Morgan fingerprint density at radius 1 is 0.778 bits per heavy atom. The zero-order chi connectivity index (χ0) is 19.0. The van der Waals surface area contributed by atoms with Gasteiger partial charge in [0.2, 0.25) is 0 Å². The molecule has 0 aromatic heterocycles. The number of anilines is 1. The van der Waals surface area contributed by atoms with Gasteiger partial charge in [-0.25, -0.2) is 4.90 Å². The smallest absolute Gasteiger partial charge is 0.270 e. The second kappa shape index (κ2) is 6.38. The van der Waals surface area contributed by atoms with Crippen LogP contribution >= 0.6 is 0 Å². The maximum absolute atomic E-state index is 12.7. The maximum Gasteiger partial charge on any atom is 0.270 e. The predicted octanol–water partition coefficient (Wildman–Crippen LogP) is 4.19. The Labute approximate surface area is 153 Å². The normalized spacial score (nSPS) is 12.8. The number of para-hydroxylation sites is 1. The number of rotatable bonds is 4. The number of hydrogen-bond acceptors (Lipinski definition) is 5. The fourth-order valence-electron chi connectivity index (χ4n) is 2.89. The quantitative estimate of drug-likeness (QED) is 0.395. The lowest BCUT2D eigenvalue weighted by atomic mass is 10.1. The zero-order valence-corrected chi connectivity index (χ0v) is 13.9. The first-order chi connectivity index (χ1) is 13.0. The average molecular weight is 360 g/mol. The minimum absolute atomic E-state index is 0.0172. The molecule has 1 aliphatic rings. The Balaban J connectivity index is 1.68. The number of ether oxygens (including phenoxy) is 1. The van der Waals surface area contributed by atoms with Crippen molar-refractivity contribution < 1.29 is 19.2 Å². The van der Waals surface area contributed by atoms with E-state index in [0.29, 0.717) is 17.2 Å². The van der Waals surface area contributed by atoms with Gasteiger partial charge in [0.25, 0.3) is 17.5 Å². The second-order valence-electron chi connectivity index (χ2n) is 5.85. The van der Waals surface area contributed by atoms with Crippen molar-refractivity contribution in [2.24, 2.45) is 0 Å². The van der Waals surface area contributed by atoms with Gasteiger partial charge in [-0.05, 0) is 30.3 Å². The lowest BCUT2D eigenvalue weighted by Crippen LogP contribution is -2.29. The third kappa shape index (κ3) is 2.91. The van der Waals surface area contributed by atoms with E-state index in [2.05, 4.69) is 0 Å². The van der Waals surface area contributed by atoms with Crippen molar-refractivity contribution in [3.8, 4) is 11.5 Å². The maximum atomic E-state index is 12.7. The van der Waals surface area contributed by atoms with Crippen LogP contribution in [0.5, 0.6) is 11.5 Å². The number of nitrogens with zero attached hydrogens (tertiary/aromatic N) is 2. The molecule has 0 N–H and O–H groups in total. The van der Waals surface area contributed by atoms with E-state index in [9.17, 15) is 19.7 Å². The molecule has 3 aromatic carbocycles. The fraction of sp³-hybridized carbons (Fsp3) is 0. The summed E-state index contributed by atoms with van der Waals surface area (Å²) in [7, 11) is 0. The van der Waals surface area contributed by atoms with Crippen LogP contribution in [-0.2, 0) is 0 Å². The van der Waals surface area contributed by atoms with E-state index in [1.807, 2.05) is 18.2 Å². The topological polar surface area (TPSA) is 89.8 Å². The largest absolute Gasteiger partial charge is 0.457 e. The van der Waals surface area contributed by atoms with Gasteiger partial charge in [-0.2, -0.15) is 0 Å². The summed E-state index contributed by atoms with van der Waals surface area (Å²) in [5.74, 6) is -0.0498. The zero-order valence-electron chi connectivity index (χ0n) is 13.9. The lowest BCUT2D eigenvalue weighted by Gasteiger charge is -2.15. The first-order valence-electron chi connectivity index (χ1n) is 8.05. The van der Waals surface area contributed by atoms with Gasteiger partial charge in [0.15, 0.2) is 0 Å². The van der Waals surface area contributed by atoms with Crippen LogP contribution in [0.15, 0.2) is 72.8 Å². The molecule has 0 unspecified atom stereocenters. The van der Waals surface area contributed by atoms with E-state index < -0.39 is 16.7 Å². The molecular weight excluding hydrogens is 348 g/mol. The average Bonchev–Trinajstić information content (AvgIpc) is 2.93. The molecule has 1 heterocycles. The van der Waals surface area contributed by atoms with E-state index in [1.165, 1.54) is 12.1 Å². The van der Waals surface area contributed by atoms with E-state index in [1.54, 1.807) is 36.4 Å². The Hall–Kier alpha value is -4.00. The molecule has 0 saturated carbocycles. The van der Waals surface area contributed by atoms with Gasteiger partial charge < -0.3 is 4.74 Å². The van der Waals surface area contributed by atoms with Gasteiger partial charge in [0, 0.05) is 18.2 Å². The van der Waals surface area contributed by atoms with Crippen LogP contribution < -0.4 is 9.64 Å². The number of carbonyl (C=O) groups excluding carboxylic acids is 2. The van der Waals surface area contributed by atoms with Crippen molar-refractivity contribution in [1.29, 1.82) is 0 Å². The van der Waals surface area contributed by atoms with E-state index in [0.717, 1.165) is 11.0 Å². The number of carbonyl (C=O) groups is 2. The minimum atomic E-state index is -0.602. The summed E-state index contributed by atoms with van der Waals surface area (Å²) in [6.45, 7) is 0. The number of imide groups is 1. The molecule has 0 spiro atoms. The van der Waals surface area contributed by atoms with Crippen molar-refractivity contribution >= 4 is 23.2 Å². The molecule has 132 valence electrons. The highest BCUT2D eigenvalue weighted by Gasteiger charge is 2.38. The summed E-state index contributed by atoms with van der Waals surface area (Å²) in [5.41, 5.74) is 0.249. The summed E-state index contributed by atoms with van der Waals surface area (Å²) in [5, 5.41) is 10.9. The molecule has 0 radical (unpaired) electrons. The van der Waals surface area contributed by atoms with Gasteiger partial charge in [-0.15, -0.1) is 0 Å². The molecule has 4 rings (SSSR count). The van der Waals surface area contributed by atoms with Crippen LogP contribution in [0.25, 0.3) is 0 Å². The van der Waals surface area contributed by atoms with Crippen LogP contribution in [0.2, 0.25) is 0 Å². The van der Waals surface area contributed by atoms with Crippen LogP contribution in [0.1, 0.15) is 20.7 Å². The van der Waals surface area contributed by atoms with E-state index in [4.69, 9.17) is 4.74 Å². The number of non-ortho nitro benzene ring substituents is 1. The number of fused-ring (bicyclic) bond motifs is 1. The highest BCUT2D eigenvalue weighted by molar-refractivity contribution is 6.34. The number of nitro benzene ring substituents is 1. The van der Waals surface area contributed by atoms with E-state index in [-0.39, 0.29) is 16.8 Å². The number of hydrogen-bond donors (Lipinski definition) is 0. The molecule has 27 heavy (non-hydrogen) atoms. The Bertz CT molecular complexity index is 1080. The molecule has 3 aromatic rings. The SMILES string of the molecule is O=C1c2ccc([N+](=O)[O-])cc2C(=O)N1c1cccc(Oc2ccccc2)c1. The summed E-state index contributed by atoms with van der Waals surface area (Å²) in [6.07, 6.45) is 0. The first kappa shape index (κ1) is 16.5. The molecule has 0 aliphatic carbocycles. The van der Waals surface area contributed by atoms with Gasteiger partial charge in [-0.1, -0.05) is 24.3 Å². The molecule has 0 bridgehead atoms. The van der Waals surface area contributed by atoms with Crippen molar-refractivity contribution in [2.75, 3.05) is 4.90 Å². The Morgan fingerprint density at radius 3 is 2.22 bits per heavy atom. The lowest BCUT2D eigenvalue weighted by molar-refractivity contribution is -0.384. The van der Waals surface area contributed by atoms with Crippen LogP contribution in [0.4, 0.5) is 11.4 Å². The van der Waals surface area contributed by atoms with Crippen LogP contribution in [-0.4, -0.2) is 16.7 Å². The summed E-state index contributed by atoms with van der Waals surface area (Å²) < 4.78 is 5.74.